The quantitative estimate of drug-likeness (QED) is 0.809. The highest BCUT2D eigenvalue weighted by atomic mass is 19.3. The van der Waals surface area contributed by atoms with Crippen LogP contribution in [0.1, 0.15) is 43.8 Å². The van der Waals surface area contributed by atoms with Gasteiger partial charge >= 0.3 is 6.55 Å². The van der Waals surface area contributed by atoms with Crippen molar-refractivity contribution in [3.63, 3.8) is 0 Å². The second-order valence-electron chi connectivity index (χ2n) is 5.54. The maximum absolute atomic E-state index is 12.7. The molecule has 0 saturated heterocycles. The van der Waals surface area contributed by atoms with Gasteiger partial charge in [0.1, 0.15) is 0 Å². The molecular formula is C14H23F2N3O2. The Morgan fingerprint density at radius 2 is 2.00 bits per heavy atom. The van der Waals surface area contributed by atoms with E-state index in [0.717, 1.165) is 0 Å². The number of rotatable bonds is 7. The summed E-state index contributed by atoms with van der Waals surface area (Å²) in [7, 11) is 0. The van der Waals surface area contributed by atoms with Gasteiger partial charge in [-0.25, -0.2) is 4.68 Å². The molecule has 1 heterocycles. The largest absolute Gasteiger partial charge is 0.393 e. The number of hydrogen-bond acceptors (Lipinski definition) is 3. The van der Waals surface area contributed by atoms with Crippen LogP contribution in [0.2, 0.25) is 0 Å². The van der Waals surface area contributed by atoms with Crippen LogP contribution in [-0.2, 0) is 11.2 Å². The van der Waals surface area contributed by atoms with Crippen LogP contribution in [0.5, 0.6) is 0 Å². The van der Waals surface area contributed by atoms with Crippen molar-refractivity contribution in [1.29, 1.82) is 0 Å². The summed E-state index contributed by atoms with van der Waals surface area (Å²) in [6.45, 7) is 4.52. The van der Waals surface area contributed by atoms with Crippen molar-refractivity contribution in [2.75, 3.05) is 6.54 Å². The molecule has 7 heteroatoms. The van der Waals surface area contributed by atoms with E-state index in [1.807, 2.05) is 6.92 Å². The van der Waals surface area contributed by atoms with Crippen LogP contribution in [-0.4, -0.2) is 33.4 Å². The van der Waals surface area contributed by atoms with Gasteiger partial charge in [-0.05, 0) is 33.1 Å². The van der Waals surface area contributed by atoms with Crippen LogP contribution in [0, 0.1) is 19.8 Å². The highest BCUT2D eigenvalue weighted by molar-refractivity contribution is 5.79. The van der Waals surface area contributed by atoms with Crippen molar-refractivity contribution < 1.29 is 18.7 Å². The third-order valence-electron chi connectivity index (χ3n) is 3.39. The van der Waals surface area contributed by atoms with Crippen LogP contribution in [0.25, 0.3) is 0 Å². The first-order valence-corrected chi connectivity index (χ1v) is 6.99. The Hall–Kier alpha value is -1.50. The van der Waals surface area contributed by atoms with E-state index in [1.165, 1.54) is 6.92 Å². The lowest BCUT2D eigenvalue weighted by atomic mass is 10.0. The number of carbonyl (C=O) groups excluding carboxylic acids is 1. The molecule has 0 aliphatic carbocycles. The molecule has 2 N–H and O–H groups in total. The number of amides is 1. The van der Waals surface area contributed by atoms with Gasteiger partial charge in [-0.15, -0.1) is 0 Å². The molecule has 120 valence electrons. The summed E-state index contributed by atoms with van der Waals surface area (Å²) >= 11 is 0. The van der Waals surface area contributed by atoms with E-state index in [0.29, 0.717) is 34.6 Å². The molecule has 0 radical (unpaired) electrons. The predicted octanol–water partition coefficient (Wildman–Crippen LogP) is 1.96. The number of aryl methyl sites for hydroxylation is 1. The zero-order valence-corrected chi connectivity index (χ0v) is 12.9. The first kappa shape index (κ1) is 17.6. The molecule has 0 spiro atoms. The number of aromatic nitrogens is 2. The van der Waals surface area contributed by atoms with E-state index in [9.17, 15) is 18.7 Å². The number of alkyl halides is 2. The van der Waals surface area contributed by atoms with Crippen LogP contribution in [0.3, 0.4) is 0 Å². The molecule has 0 aliphatic heterocycles. The standard InChI is InChI=1S/C14H23F2N3O2/c1-8(5-9(2)20)7-17-13(21)6-12-10(3)18-19(11(12)4)14(15)16/h8-9,14,20H,5-7H2,1-4H3,(H,17,21). The highest BCUT2D eigenvalue weighted by Crippen LogP contribution is 2.19. The Morgan fingerprint density at radius 3 is 2.48 bits per heavy atom. The fourth-order valence-electron chi connectivity index (χ4n) is 2.32. The van der Waals surface area contributed by atoms with E-state index < -0.39 is 12.7 Å². The fourth-order valence-corrected chi connectivity index (χ4v) is 2.32. The number of carbonyl (C=O) groups is 1. The minimum atomic E-state index is -2.70. The second-order valence-corrected chi connectivity index (χ2v) is 5.54. The van der Waals surface area contributed by atoms with Gasteiger partial charge in [-0.2, -0.15) is 13.9 Å². The van der Waals surface area contributed by atoms with Gasteiger partial charge in [-0.3, -0.25) is 4.79 Å². The zero-order valence-electron chi connectivity index (χ0n) is 12.9. The molecule has 0 saturated carbocycles. The number of nitrogens with zero attached hydrogens (tertiary/aromatic N) is 2. The minimum absolute atomic E-state index is 0.0335. The molecule has 1 amide bonds. The molecule has 0 bridgehead atoms. The molecule has 1 aromatic rings. The maximum atomic E-state index is 12.7. The number of aliphatic hydroxyl groups excluding tert-OH is 1. The summed E-state index contributed by atoms with van der Waals surface area (Å²) in [5.41, 5.74) is 1.30. The molecule has 0 aromatic carbocycles. The Balaban J connectivity index is 2.59. The van der Waals surface area contributed by atoms with Crippen molar-refractivity contribution in [2.24, 2.45) is 5.92 Å². The fraction of sp³-hybridized carbons (Fsp3) is 0.714. The van der Waals surface area contributed by atoms with E-state index in [-0.39, 0.29) is 18.2 Å². The van der Waals surface area contributed by atoms with Crippen molar-refractivity contribution in [3.05, 3.63) is 17.0 Å². The van der Waals surface area contributed by atoms with Crippen LogP contribution >= 0.6 is 0 Å². The van der Waals surface area contributed by atoms with E-state index in [2.05, 4.69) is 10.4 Å². The van der Waals surface area contributed by atoms with Gasteiger partial charge < -0.3 is 10.4 Å². The number of halogens is 2. The third kappa shape index (κ3) is 5.08. The van der Waals surface area contributed by atoms with E-state index in [1.54, 1.807) is 13.8 Å². The predicted molar refractivity (Wildman–Crippen MR) is 75.1 cm³/mol. The third-order valence-corrected chi connectivity index (χ3v) is 3.39. The topological polar surface area (TPSA) is 67.2 Å². The van der Waals surface area contributed by atoms with Crippen LogP contribution in [0.15, 0.2) is 0 Å². The minimum Gasteiger partial charge on any atom is -0.393 e. The molecule has 2 unspecified atom stereocenters. The maximum Gasteiger partial charge on any atom is 0.333 e. The average Bonchev–Trinajstić information content (AvgIpc) is 2.63. The van der Waals surface area contributed by atoms with Crippen LogP contribution in [0.4, 0.5) is 8.78 Å². The van der Waals surface area contributed by atoms with Gasteiger partial charge in [0.15, 0.2) is 0 Å². The molecule has 5 nitrogen and oxygen atoms in total. The van der Waals surface area contributed by atoms with Gasteiger partial charge in [0.2, 0.25) is 5.91 Å². The van der Waals surface area contributed by atoms with Crippen molar-refractivity contribution in [2.45, 2.75) is 53.2 Å². The van der Waals surface area contributed by atoms with Gasteiger partial charge in [-0.1, -0.05) is 6.92 Å². The smallest absolute Gasteiger partial charge is 0.333 e. The second kappa shape index (κ2) is 7.49. The molecule has 0 fully saturated rings. The Bertz CT molecular complexity index is 487. The summed E-state index contributed by atoms with van der Waals surface area (Å²) < 4.78 is 26.1. The van der Waals surface area contributed by atoms with Crippen molar-refractivity contribution in [1.82, 2.24) is 15.1 Å². The Labute approximate surface area is 123 Å². The Kier molecular flexibility index (Phi) is 6.26. The van der Waals surface area contributed by atoms with E-state index >= 15 is 0 Å². The van der Waals surface area contributed by atoms with Crippen LogP contribution < -0.4 is 5.32 Å². The average molecular weight is 303 g/mol. The summed E-state index contributed by atoms with van der Waals surface area (Å²) in [6, 6.07) is 0. The highest BCUT2D eigenvalue weighted by Gasteiger charge is 2.19. The molecule has 21 heavy (non-hydrogen) atoms. The van der Waals surface area contributed by atoms with Gasteiger partial charge in [0, 0.05) is 17.8 Å². The molecule has 0 aliphatic rings. The summed E-state index contributed by atoms with van der Waals surface area (Å²) in [6.07, 6.45) is 0.221. The van der Waals surface area contributed by atoms with Crippen molar-refractivity contribution in [3.8, 4) is 0 Å². The first-order chi connectivity index (χ1) is 9.72. The molecule has 1 rings (SSSR count). The Morgan fingerprint density at radius 1 is 1.38 bits per heavy atom. The first-order valence-electron chi connectivity index (χ1n) is 6.99. The van der Waals surface area contributed by atoms with Crippen molar-refractivity contribution >= 4 is 5.91 Å². The number of aliphatic hydroxyl groups is 1. The van der Waals surface area contributed by atoms with Gasteiger partial charge in [0.05, 0.1) is 18.2 Å². The molecule has 1 aromatic heterocycles. The monoisotopic (exact) mass is 303 g/mol. The summed E-state index contributed by atoms with van der Waals surface area (Å²) in [5, 5.41) is 15.8. The lowest BCUT2D eigenvalue weighted by Gasteiger charge is -2.14. The van der Waals surface area contributed by atoms with Gasteiger partial charge in [0.25, 0.3) is 0 Å². The lowest BCUT2D eigenvalue weighted by molar-refractivity contribution is -0.120. The lowest BCUT2D eigenvalue weighted by Crippen LogP contribution is -2.30. The molecular weight excluding hydrogens is 280 g/mol. The summed E-state index contributed by atoms with van der Waals surface area (Å²) in [4.78, 5) is 11.9. The normalized spacial score (nSPS) is 14.3. The number of nitrogens with one attached hydrogen (secondary N) is 1. The zero-order chi connectivity index (χ0) is 16.2. The van der Waals surface area contributed by atoms with E-state index in [4.69, 9.17) is 0 Å². The summed E-state index contributed by atoms with van der Waals surface area (Å²) in [5.74, 6) is -0.0765. The molecule has 2 atom stereocenters. The number of hydrogen-bond donors (Lipinski definition) is 2. The SMILES string of the molecule is Cc1nn(C(F)F)c(C)c1CC(=O)NCC(C)CC(C)O.